The molecular weight excluding hydrogens is 308 g/mol. The molecule has 0 fully saturated rings. The second kappa shape index (κ2) is 6.95. The van der Waals surface area contributed by atoms with E-state index in [1.807, 2.05) is 0 Å². The van der Waals surface area contributed by atoms with Crippen molar-refractivity contribution >= 4 is 23.5 Å². The van der Waals surface area contributed by atoms with Gasteiger partial charge in [0, 0.05) is 5.02 Å². The van der Waals surface area contributed by atoms with Gasteiger partial charge >= 0.3 is 11.9 Å². The number of carbonyl (C=O) groups is 2. The lowest BCUT2D eigenvalue weighted by Gasteiger charge is -2.10. The molecule has 114 valence electrons. The molecule has 6 heteroatoms. The highest BCUT2D eigenvalue weighted by molar-refractivity contribution is 6.30. The highest BCUT2D eigenvalue weighted by Crippen LogP contribution is 2.29. The van der Waals surface area contributed by atoms with Crippen LogP contribution in [0.25, 0.3) is 0 Å². The van der Waals surface area contributed by atoms with Crippen LogP contribution in [0.4, 0.5) is 0 Å². The molecule has 0 aliphatic heterocycles. The number of hydrogen-bond acceptors (Lipinski definition) is 5. The molecule has 0 spiro atoms. The average molecular weight is 321 g/mol. The summed E-state index contributed by atoms with van der Waals surface area (Å²) in [6.07, 6.45) is 0. The molecule has 0 aliphatic rings. The lowest BCUT2D eigenvalue weighted by atomic mass is 10.2. The van der Waals surface area contributed by atoms with Gasteiger partial charge in [-0.1, -0.05) is 17.7 Å². The highest BCUT2D eigenvalue weighted by Gasteiger charge is 2.15. The summed E-state index contributed by atoms with van der Waals surface area (Å²) in [4.78, 5) is 23.6. The number of halogens is 1. The minimum absolute atomic E-state index is 0.195. The summed E-state index contributed by atoms with van der Waals surface area (Å²) in [5.74, 6) is -0.643. The Morgan fingerprint density at radius 2 is 1.64 bits per heavy atom. The summed E-state index contributed by atoms with van der Waals surface area (Å²) < 4.78 is 15.0. The van der Waals surface area contributed by atoms with E-state index < -0.39 is 11.9 Å². The van der Waals surface area contributed by atoms with Crippen molar-refractivity contribution in [1.29, 1.82) is 0 Å². The summed E-state index contributed by atoms with van der Waals surface area (Å²) in [5.41, 5.74) is 0.605. The fourth-order valence-electron chi connectivity index (χ4n) is 1.77. The van der Waals surface area contributed by atoms with E-state index >= 15 is 0 Å². The van der Waals surface area contributed by atoms with E-state index in [1.165, 1.54) is 38.5 Å². The maximum atomic E-state index is 12.1. The highest BCUT2D eigenvalue weighted by atomic mass is 35.5. The van der Waals surface area contributed by atoms with Crippen molar-refractivity contribution in [1.82, 2.24) is 0 Å². The first-order chi connectivity index (χ1) is 10.5. The first-order valence-corrected chi connectivity index (χ1v) is 6.67. The van der Waals surface area contributed by atoms with Crippen LogP contribution in [0.5, 0.6) is 11.5 Å². The summed E-state index contributed by atoms with van der Waals surface area (Å²) in [5, 5.41) is 0.433. The molecule has 2 rings (SSSR count). The van der Waals surface area contributed by atoms with Crippen molar-refractivity contribution in [2.45, 2.75) is 0 Å². The standard InChI is InChI=1S/C16H13ClO5/c1-20-14-9-11(15(18)21-2)6-7-13(14)22-16(19)10-4-3-5-12(17)8-10/h3-9H,1-2H3. The van der Waals surface area contributed by atoms with Crippen molar-refractivity contribution < 1.29 is 23.8 Å². The second-order valence-electron chi connectivity index (χ2n) is 4.26. The van der Waals surface area contributed by atoms with Crippen LogP contribution in [0, 0.1) is 0 Å². The normalized spacial score (nSPS) is 9.95. The molecule has 0 unspecified atom stereocenters. The Morgan fingerprint density at radius 3 is 2.27 bits per heavy atom. The van der Waals surface area contributed by atoms with Gasteiger partial charge in [0.25, 0.3) is 0 Å². The molecule has 0 aromatic heterocycles. The van der Waals surface area contributed by atoms with Crippen LogP contribution in [-0.4, -0.2) is 26.2 Å². The third kappa shape index (κ3) is 3.56. The quantitative estimate of drug-likeness (QED) is 0.638. The van der Waals surface area contributed by atoms with E-state index in [4.69, 9.17) is 21.1 Å². The zero-order chi connectivity index (χ0) is 16.1. The molecule has 2 aromatic carbocycles. The van der Waals surface area contributed by atoms with Crippen LogP contribution < -0.4 is 9.47 Å². The van der Waals surface area contributed by atoms with Crippen molar-refractivity contribution in [3.8, 4) is 11.5 Å². The largest absolute Gasteiger partial charge is 0.493 e. The van der Waals surface area contributed by atoms with Crippen molar-refractivity contribution in [3.05, 3.63) is 58.6 Å². The fourth-order valence-corrected chi connectivity index (χ4v) is 1.96. The summed E-state index contributed by atoms with van der Waals surface area (Å²) >= 11 is 5.84. The topological polar surface area (TPSA) is 61.8 Å². The van der Waals surface area contributed by atoms with Crippen LogP contribution in [0.15, 0.2) is 42.5 Å². The molecule has 5 nitrogen and oxygen atoms in total. The van der Waals surface area contributed by atoms with Crippen LogP contribution in [0.1, 0.15) is 20.7 Å². The molecule has 0 saturated heterocycles. The molecule has 2 aromatic rings. The van der Waals surface area contributed by atoms with Crippen molar-refractivity contribution in [3.63, 3.8) is 0 Å². The van der Waals surface area contributed by atoms with E-state index in [-0.39, 0.29) is 11.5 Å². The maximum Gasteiger partial charge on any atom is 0.343 e. The van der Waals surface area contributed by atoms with Gasteiger partial charge in [-0.05, 0) is 36.4 Å². The zero-order valence-corrected chi connectivity index (χ0v) is 12.7. The van der Waals surface area contributed by atoms with Crippen LogP contribution in [0.3, 0.4) is 0 Å². The molecule has 0 bridgehead atoms. The SMILES string of the molecule is COC(=O)c1ccc(OC(=O)c2cccc(Cl)c2)c(OC)c1. The zero-order valence-electron chi connectivity index (χ0n) is 12.0. The number of esters is 2. The third-order valence-electron chi connectivity index (χ3n) is 2.85. The minimum atomic E-state index is -0.577. The van der Waals surface area contributed by atoms with Gasteiger partial charge in [0.1, 0.15) is 0 Å². The van der Waals surface area contributed by atoms with Gasteiger partial charge in [-0.25, -0.2) is 9.59 Å². The summed E-state index contributed by atoms with van der Waals surface area (Å²) in [7, 11) is 2.69. The molecule has 0 saturated carbocycles. The van der Waals surface area contributed by atoms with Crippen molar-refractivity contribution in [2.75, 3.05) is 14.2 Å². The van der Waals surface area contributed by atoms with E-state index in [0.29, 0.717) is 16.1 Å². The monoisotopic (exact) mass is 320 g/mol. The van der Waals surface area contributed by atoms with E-state index in [9.17, 15) is 9.59 Å². The summed E-state index contributed by atoms with van der Waals surface area (Å²) in [6, 6.07) is 10.8. The smallest absolute Gasteiger partial charge is 0.343 e. The Labute approximate surface area is 132 Å². The second-order valence-corrected chi connectivity index (χ2v) is 4.69. The van der Waals surface area contributed by atoms with E-state index in [2.05, 4.69) is 4.74 Å². The molecule has 0 aliphatic carbocycles. The number of rotatable bonds is 4. The Balaban J connectivity index is 2.25. The molecule has 0 heterocycles. The predicted octanol–water partition coefficient (Wildman–Crippen LogP) is 3.35. The van der Waals surface area contributed by atoms with Crippen LogP contribution >= 0.6 is 11.6 Å². The number of ether oxygens (including phenoxy) is 3. The fraction of sp³-hybridized carbons (Fsp3) is 0.125. The van der Waals surface area contributed by atoms with Crippen molar-refractivity contribution in [2.24, 2.45) is 0 Å². The molecule has 0 atom stereocenters. The predicted molar refractivity (Wildman–Crippen MR) is 80.7 cm³/mol. The van der Waals surface area contributed by atoms with Gasteiger partial charge in [0.15, 0.2) is 11.5 Å². The van der Waals surface area contributed by atoms with Gasteiger partial charge in [-0.2, -0.15) is 0 Å². The van der Waals surface area contributed by atoms with Gasteiger partial charge < -0.3 is 14.2 Å². The van der Waals surface area contributed by atoms with Gasteiger partial charge in [-0.3, -0.25) is 0 Å². The molecular formula is C16H13ClO5. The summed E-state index contributed by atoms with van der Waals surface area (Å²) in [6.45, 7) is 0. The average Bonchev–Trinajstić information content (AvgIpc) is 2.54. The van der Waals surface area contributed by atoms with E-state index in [1.54, 1.807) is 18.2 Å². The lowest BCUT2D eigenvalue weighted by molar-refractivity contribution is 0.0600. The Bertz CT molecular complexity index is 711. The minimum Gasteiger partial charge on any atom is -0.493 e. The Hall–Kier alpha value is -2.53. The van der Waals surface area contributed by atoms with Crippen LogP contribution in [0.2, 0.25) is 5.02 Å². The molecule has 0 amide bonds. The first-order valence-electron chi connectivity index (χ1n) is 6.29. The van der Waals surface area contributed by atoms with Gasteiger partial charge in [0.05, 0.1) is 25.3 Å². The Morgan fingerprint density at radius 1 is 0.909 bits per heavy atom. The van der Waals surface area contributed by atoms with E-state index in [0.717, 1.165) is 0 Å². The van der Waals surface area contributed by atoms with Gasteiger partial charge in [-0.15, -0.1) is 0 Å². The molecule has 22 heavy (non-hydrogen) atoms. The molecule has 0 radical (unpaired) electrons. The van der Waals surface area contributed by atoms with Crippen LogP contribution in [-0.2, 0) is 4.74 Å². The number of hydrogen-bond donors (Lipinski definition) is 0. The Kier molecular flexibility index (Phi) is 5.01. The molecule has 0 N–H and O–H groups in total. The van der Waals surface area contributed by atoms with Gasteiger partial charge in [0.2, 0.25) is 0 Å². The maximum absolute atomic E-state index is 12.1. The number of carbonyl (C=O) groups excluding carboxylic acids is 2. The third-order valence-corrected chi connectivity index (χ3v) is 3.08. The lowest BCUT2D eigenvalue weighted by Crippen LogP contribution is -2.10. The number of benzene rings is 2. The first kappa shape index (κ1) is 15.9. The number of methoxy groups -OCH3 is 2.